The second-order valence-electron chi connectivity index (χ2n) is 6.08. The van der Waals surface area contributed by atoms with Crippen LogP contribution in [-0.4, -0.2) is 22.7 Å². The molecule has 1 saturated heterocycles. The summed E-state index contributed by atoms with van der Waals surface area (Å²) in [5.41, 5.74) is 0.422. The van der Waals surface area contributed by atoms with Crippen LogP contribution in [0.4, 0.5) is 11.8 Å². The average molecular weight is 394 g/mol. The molecule has 3 aromatic rings. The molecule has 4 rings (SSSR count). The second-order valence-corrected chi connectivity index (χ2v) is 6.44. The molecule has 2 amide bonds. The number of nitrogens with zero attached hydrogens (tertiary/aromatic N) is 2. The second kappa shape index (κ2) is 7.24. The standard InChI is InChI=1S/C20H14N2O5S/c23-15(13-6-2-1-3-7-13)12-14-18(24)21(16-8-4-10-26-16)20(28)22(19(14)25)17-9-5-11-27-17/h1-11,14H,12H2. The zero-order valence-electron chi connectivity index (χ0n) is 14.5. The normalized spacial score (nSPS) is 15.4. The lowest BCUT2D eigenvalue weighted by Gasteiger charge is -2.36. The number of Topliss-reactive ketones (excluding diaryl/α,β-unsaturated/α-hetero) is 1. The van der Waals surface area contributed by atoms with Crippen molar-refractivity contribution in [2.45, 2.75) is 6.42 Å². The van der Waals surface area contributed by atoms with E-state index in [0.717, 1.165) is 9.80 Å². The van der Waals surface area contributed by atoms with Crippen LogP contribution in [0.25, 0.3) is 0 Å². The molecule has 0 aliphatic carbocycles. The molecule has 1 aliphatic rings. The zero-order valence-corrected chi connectivity index (χ0v) is 15.3. The highest BCUT2D eigenvalue weighted by Gasteiger charge is 2.47. The zero-order chi connectivity index (χ0) is 19.7. The van der Waals surface area contributed by atoms with Crippen molar-refractivity contribution in [1.29, 1.82) is 0 Å². The Hall–Kier alpha value is -3.52. The van der Waals surface area contributed by atoms with Gasteiger partial charge in [-0.25, -0.2) is 9.80 Å². The summed E-state index contributed by atoms with van der Waals surface area (Å²) >= 11 is 5.36. The summed E-state index contributed by atoms with van der Waals surface area (Å²) in [6.45, 7) is 0. The Morgan fingerprint density at radius 1 is 0.857 bits per heavy atom. The Morgan fingerprint density at radius 3 is 1.86 bits per heavy atom. The van der Waals surface area contributed by atoms with E-state index < -0.39 is 17.7 Å². The summed E-state index contributed by atoms with van der Waals surface area (Å²) in [4.78, 5) is 41.0. The predicted octanol–water partition coefficient (Wildman–Crippen LogP) is 3.43. The number of hydrogen-bond donors (Lipinski definition) is 0. The van der Waals surface area contributed by atoms with Crippen LogP contribution in [0.3, 0.4) is 0 Å². The number of thiocarbonyl (C=S) groups is 1. The molecule has 0 N–H and O–H groups in total. The number of benzene rings is 1. The van der Waals surface area contributed by atoms with Gasteiger partial charge in [0, 0.05) is 24.1 Å². The molecular weight excluding hydrogens is 380 g/mol. The first-order valence-corrected chi connectivity index (χ1v) is 8.86. The molecule has 8 heteroatoms. The molecule has 7 nitrogen and oxygen atoms in total. The number of hydrogen-bond acceptors (Lipinski definition) is 6. The molecule has 3 heterocycles. The largest absolute Gasteiger partial charge is 0.448 e. The van der Waals surface area contributed by atoms with Crippen LogP contribution in [0.2, 0.25) is 0 Å². The van der Waals surface area contributed by atoms with Crippen molar-refractivity contribution in [2.75, 3.05) is 9.80 Å². The van der Waals surface area contributed by atoms with E-state index in [4.69, 9.17) is 21.1 Å². The van der Waals surface area contributed by atoms with Crippen LogP contribution in [-0.2, 0) is 9.59 Å². The minimum atomic E-state index is -1.25. The lowest BCUT2D eigenvalue weighted by atomic mass is 9.94. The first-order valence-electron chi connectivity index (χ1n) is 8.45. The van der Waals surface area contributed by atoms with E-state index in [2.05, 4.69) is 0 Å². The van der Waals surface area contributed by atoms with Gasteiger partial charge in [-0.2, -0.15) is 0 Å². The number of ketones is 1. The van der Waals surface area contributed by atoms with Crippen molar-refractivity contribution >= 4 is 46.7 Å². The Morgan fingerprint density at radius 2 is 1.39 bits per heavy atom. The highest BCUT2D eigenvalue weighted by molar-refractivity contribution is 7.81. The molecule has 0 saturated carbocycles. The first kappa shape index (κ1) is 17.9. The third-order valence-corrected chi connectivity index (χ3v) is 4.72. The van der Waals surface area contributed by atoms with Crippen LogP contribution in [0.5, 0.6) is 0 Å². The van der Waals surface area contributed by atoms with Gasteiger partial charge in [-0.3, -0.25) is 14.4 Å². The SMILES string of the molecule is O=C(CC1C(=O)N(c2ccco2)C(=S)N(c2ccco2)C1=O)c1ccccc1. The predicted molar refractivity (Wildman–Crippen MR) is 104 cm³/mol. The third kappa shape index (κ3) is 3.03. The van der Waals surface area contributed by atoms with Crippen LogP contribution in [0.1, 0.15) is 16.8 Å². The van der Waals surface area contributed by atoms with Crippen LogP contribution >= 0.6 is 12.2 Å². The molecule has 1 aromatic carbocycles. The van der Waals surface area contributed by atoms with Crippen molar-refractivity contribution < 1.29 is 23.2 Å². The molecule has 140 valence electrons. The summed E-state index contributed by atoms with van der Waals surface area (Å²) in [6.07, 6.45) is 2.49. The topological polar surface area (TPSA) is 84.0 Å². The molecule has 0 unspecified atom stereocenters. The Bertz CT molecular complexity index is 972. The monoisotopic (exact) mass is 394 g/mol. The fourth-order valence-corrected chi connectivity index (χ4v) is 3.37. The van der Waals surface area contributed by atoms with Gasteiger partial charge in [0.05, 0.1) is 12.5 Å². The fourth-order valence-electron chi connectivity index (χ4n) is 3.01. The lowest BCUT2D eigenvalue weighted by molar-refractivity contribution is -0.132. The van der Waals surface area contributed by atoms with Gasteiger partial charge in [0.15, 0.2) is 10.9 Å². The van der Waals surface area contributed by atoms with Crippen molar-refractivity contribution in [2.24, 2.45) is 5.92 Å². The summed E-state index contributed by atoms with van der Waals surface area (Å²) < 4.78 is 10.6. The summed E-state index contributed by atoms with van der Waals surface area (Å²) in [5, 5.41) is -0.0942. The maximum Gasteiger partial charge on any atom is 0.248 e. The van der Waals surface area contributed by atoms with E-state index in [-0.39, 0.29) is 29.1 Å². The van der Waals surface area contributed by atoms with Crippen LogP contribution < -0.4 is 9.80 Å². The molecular formula is C20H14N2O5S. The Balaban J connectivity index is 1.72. The highest BCUT2D eigenvalue weighted by atomic mass is 32.1. The minimum absolute atomic E-state index is 0.0942. The molecule has 28 heavy (non-hydrogen) atoms. The Kier molecular flexibility index (Phi) is 4.62. The van der Waals surface area contributed by atoms with Crippen LogP contribution in [0.15, 0.2) is 76.0 Å². The number of rotatable bonds is 5. The first-order chi connectivity index (χ1) is 13.6. The van der Waals surface area contributed by atoms with Gasteiger partial charge >= 0.3 is 0 Å². The Labute approximate surface area is 165 Å². The van der Waals surface area contributed by atoms with E-state index in [1.165, 1.54) is 12.5 Å². The van der Waals surface area contributed by atoms with Gasteiger partial charge in [0.25, 0.3) is 0 Å². The van der Waals surface area contributed by atoms with Gasteiger partial charge in [-0.05, 0) is 24.4 Å². The minimum Gasteiger partial charge on any atom is -0.448 e. The third-order valence-electron chi connectivity index (χ3n) is 4.36. The highest BCUT2D eigenvalue weighted by Crippen LogP contribution is 2.31. The number of amides is 2. The van der Waals surface area contributed by atoms with Crippen LogP contribution in [0, 0.1) is 5.92 Å². The summed E-state index contributed by atoms with van der Waals surface area (Å²) in [7, 11) is 0. The van der Waals surface area contributed by atoms with Crippen molar-refractivity contribution in [3.8, 4) is 0 Å². The van der Waals surface area contributed by atoms with Crippen molar-refractivity contribution in [1.82, 2.24) is 0 Å². The number of furan rings is 2. The quantitative estimate of drug-likeness (QED) is 0.375. The van der Waals surface area contributed by atoms with E-state index in [1.54, 1.807) is 54.6 Å². The average Bonchev–Trinajstić information content (AvgIpc) is 3.40. The van der Waals surface area contributed by atoms with Crippen molar-refractivity contribution in [3.63, 3.8) is 0 Å². The van der Waals surface area contributed by atoms with Gasteiger partial charge in [0.2, 0.25) is 23.6 Å². The van der Waals surface area contributed by atoms with E-state index in [0.29, 0.717) is 5.56 Å². The maximum absolute atomic E-state index is 13.1. The summed E-state index contributed by atoms with van der Waals surface area (Å²) in [6, 6.07) is 14.8. The smallest absolute Gasteiger partial charge is 0.248 e. The molecule has 0 bridgehead atoms. The molecule has 0 radical (unpaired) electrons. The van der Waals surface area contributed by atoms with E-state index >= 15 is 0 Å². The van der Waals surface area contributed by atoms with E-state index in [9.17, 15) is 14.4 Å². The molecule has 0 atom stereocenters. The van der Waals surface area contributed by atoms with Gasteiger partial charge in [0.1, 0.15) is 5.92 Å². The molecule has 2 aromatic heterocycles. The van der Waals surface area contributed by atoms with Crippen molar-refractivity contribution in [3.05, 3.63) is 72.7 Å². The molecule has 0 spiro atoms. The number of carbonyl (C=O) groups is 3. The fraction of sp³-hybridized carbons (Fsp3) is 0.100. The lowest BCUT2D eigenvalue weighted by Crippen LogP contribution is -2.60. The van der Waals surface area contributed by atoms with Gasteiger partial charge in [-0.1, -0.05) is 30.3 Å². The number of carbonyl (C=O) groups excluding carboxylic acids is 3. The maximum atomic E-state index is 13.1. The molecule has 1 aliphatic heterocycles. The number of anilines is 2. The molecule has 1 fully saturated rings. The van der Waals surface area contributed by atoms with Gasteiger partial charge < -0.3 is 8.83 Å². The van der Waals surface area contributed by atoms with Gasteiger partial charge in [-0.15, -0.1) is 0 Å². The summed E-state index contributed by atoms with van der Waals surface area (Å²) in [5.74, 6) is -2.48. The van der Waals surface area contributed by atoms with E-state index in [1.807, 2.05) is 0 Å².